The molecule has 0 saturated heterocycles. The molecule has 1 N–H and O–H groups in total. The van der Waals surface area contributed by atoms with Gasteiger partial charge in [0.15, 0.2) is 6.61 Å². The lowest BCUT2D eigenvalue weighted by atomic mass is 10.1. The summed E-state index contributed by atoms with van der Waals surface area (Å²) in [5.41, 5.74) is 0.654. The van der Waals surface area contributed by atoms with Crippen molar-refractivity contribution in [3.8, 4) is 5.75 Å². The molecular weight excluding hydrogens is 196 g/mol. The summed E-state index contributed by atoms with van der Waals surface area (Å²) in [6.45, 7) is 1.49. The zero-order valence-electron chi connectivity index (χ0n) is 8.77. The topological polar surface area (TPSA) is 55.8 Å². The fourth-order valence-electron chi connectivity index (χ4n) is 1.15. The molecule has 1 rings (SSSR count). The highest BCUT2D eigenvalue weighted by Crippen LogP contribution is 2.24. The molecule has 0 aliphatic rings. The van der Waals surface area contributed by atoms with E-state index >= 15 is 0 Å². The highest BCUT2D eigenvalue weighted by molar-refractivity contribution is 5.70. The van der Waals surface area contributed by atoms with Gasteiger partial charge >= 0.3 is 5.97 Å². The molecule has 4 nitrogen and oxygen atoms in total. The van der Waals surface area contributed by atoms with E-state index in [1.54, 1.807) is 31.2 Å². The van der Waals surface area contributed by atoms with E-state index in [1.165, 1.54) is 7.11 Å². The molecule has 0 unspecified atom stereocenters. The van der Waals surface area contributed by atoms with Crippen molar-refractivity contribution < 1.29 is 19.4 Å². The van der Waals surface area contributed by atoms with E-state index in [-0.39, 0.29) is 6.61 Å². The molecule has 82 valence electrons. The lowest BCUT2D eigenvalue weighted by Crippen LogP contribution is -2.13. The quantitative estimate of drug-likeness (QED) is 0.761. The second-order valence-electron chi connectivity index (χ2n) is 3.08. The monoisotopic (exact) mass is 210 g/mol. The number of aliphatic hydroxyl groups is 1. The number of hydrogen-bond acceptors (Lipinski definition) is 4. The summed E-state index contributed by atoms with van der Waals surface area (Å²) in [4.78, 5) is 10.9. The standard InChI is InChI=1S/C11H14O4/c1-8(12)9-5-3-4-6-10(9)15-7-11(13)14-2/h3-6,8,12H,7H2,1-2H3/t8-/m1/s1. The minimum atomic E-state index is -0.626. The highest BCUT2D eigenvalue weighted by atomic mass is 16.6. The second-order valence-corrected chi connectivity index (χ2v) is 3.08. The first kappa shape index (κ1) is 11.5. The minimum Gasteiger partial charge on any atom is -0.482 e. The molecule has 0 aromatic heterocycles. The Hall–Kier alpha value is -1.55. The number of carbonyl (C=O) groups is 1. The molecule has 0 aliphatic heterocycles. The molecule has 1 aromatic carbocycles. The largest absolute Gasteiger partial charge is 0.482 e. The van der Waals surface area contributed by atoms with Gasteiger partial charge in [-0.15, -0.1) is 0 Å². The van der Waals surface area contributed by atoms with Crippen LogP contribution in [0.1, 0.15) is 18.6 Å². The summed E-state index contributed by atoms with van der Waals surface area (Å²) >= 11 is 0. The molecule has 0 bridgehead atoms. The molecule has 0 fully saturated rings. The average molecular weight is 210 g/mol. The predicted octanol–water partition coefficient (Wildman–Crippen LogP) is 1.29. The van der Waals surface area contributed by atoms with Crippen molar-refractivity contribution in [1.29, 1.82) is 0 Å². The molecular formula is C11H14O4. The molecule has 0 radical (unpaired) electrons. The van der Waals surface area contributed by atoms with Crippen LogP contribution in [-0.2, 0) is 9.53 Å². The number of ether oxygens (including phenoxy) is 2. The Balaban J connectivity index is 2.71. The summed E-state index contributed by atoms with van der Waals surface area (Å²) in [6, 6.07) is 7.02. The van der Waals surface area contributed by atoms with Crippen molar-refractivity contribution in [2.45, 2.75) is 13.0 Å². The van der Waals surface area contributed by atoms with Gasteiger partial charge in [-0.1, -0.05) is 18.2 Å². The number of methoxy groups -OCH3 is 1. The Morgan fingerprint density at radius 3 is 2.73 bits per heavy atom. The van der Waals surface area contributed by atoms with Crippen molar-refractivity contribution in [2.24, 2.45) is 0 Å². The van der Waals surface area contributed by atoms with Gasteiger partial charge in [0, 0.05) is 5.56 Å². The fourth-order valence-corrected chi connectivity index (χ4v) is 1.15. The van der Waals surface area contributed by atoms with E-state index in [1.807, 2.05) is 0 Å². The zero-order chi connectivity index (χ0) is 11.3. The van der Waals surface area contributed by atoms with Gasteiger partial charge in [-0.05, 0) is 13.0 Å². The maximum Gasteiger partial charge on any atom is 0.343 e. The van der Waals surface area contributed by atoms with Crippen molar-refractivity contribution in [3.05, 3.63) is 29.8 Å². The van der Waals surface area contributed by atoms with Crippen LogP contribution in [0.25, 0.3) is 0 Å². The Bertz CT molecular complexity index is 333. The van der Waals surface area contributed by atoms with Crippen LogP contribution >= 0.6 is 0 Å². The SMILES string of the molecule is COC(=O)COc1ccccc1[C@@H](C)O. The van der Waals surface area contributed by atoms with Crippen molar-refractivity contribution in [1.82, 2.24) is 0 Å². The molecule has 0 amide bonds. The number of esters is 1. The van der Waals surface area contributed by atoms with Gasteiger partial charge < -0.3 is 14.6 Å². The minimum absolute atomic E-state index is 0.153. The number of hydrogen-bond donors (Lipinski definition) is 1. The summed E-state index contributed by atoms with van der Waals surface area (Å²) in [6.07, 6.45) is -0.626. The third-order valence-corrected chi connectivity index (χ3v) is 1.94. The normalized spacial score (nSPS) is 11.9. The number of benzene rings is 1. The maximum absolute atomic E-state index is 10.9. The van der Waals surface area contributed by atoms with Crippen LogP contribution in [0.4, 0.5) is 0 Å². The zero-order valence-corrected chi connectivity index (χ0v) is 8.77. The van der Waals surface area contributed by atoms with E-state index in [9.17, 15) is 9.90 Å². The lowest BCUT2D eigenvalue weighted by Gasteiger charge is -2.12. The molecule has 4 heteroatoms. The molecule has 0 heterocycles. The molecule has 15 heavy (non-hydrogen) atoms. The van der Waals surface area contributed by atoms with Crippen LogP contribution in [0.3, 0.4) is 0 Å². The van der Waals surface area contributed by atoms with E-state index < -0.39 is 12.1 Å². The number of carbonyl (C=O) groups excluding carboxylic acids is 1. The smallest absolute Gasteiger partial charge is 0.343 e. The summed E-state index contributed by atoms with van der Waals surface area (Å²) < 4.78 is 9.66. The lowest BCUT2D eigenvalue weighted by molar-refractivity contribution is -0.142. The Kier molecular flexibility index (Phi) is 4.12. The Labute approximate surface area is 88.4 Å². The van der Waals surface area contributed by atoms with Crippen LogP contribution in [0.5, 0.6) is 5.75 Å². The van der Waals surface area contributed by atoms with Gasteiger partial charge in [-0.25, -0.2) is 4.79 Å². The average Bonchev–Trinajstić information content (AvgIpc) is 2.26. The van der Waals surface area contributed by atoms with Gasteiger partial charge in [0.05, 0.1) is 13.2 Å². The molecule has 1 aromatic rings. The predicted molar refractivity (Wildman–Crippen MR) is 54.6 cm³/mol. The Morgan fingerprint density at radius 2 is 2.13 bits per heavy atom. The van der Waals surface area contributed by atoms with E-state index in [0.717, 1.165) is 0 Å². The van der Waals surface area contributed by atoms with Crippen molar-refractivity contribution >= 4 is 5.97 Å². The first-order valence-electron chi connectivity index (χ1n) is 4.61. The second kappa shape index (κ2) is 5.36. The van der Waals surface area contributed by atoms with Gasteiger partial charge in [0.25, 0.3) is 0 Å². The van der Waals surface area contributed by atoms with Gasteiger partial charge in [-0.3, -0.25) is 0 Å². The number of para-hydroxylation sites is 1. The first-order chi connectivity index (χ1) is 7.15. The first-order valence-corrected chi connectivity index (χ1v) is 4.61. The van der Waals surface area contributed by atoms with Crippen LogP contribution in [0.15, 0.2) is 24.3 Å². The summed E-state index contributed by atoms with van der Waals surface area (Å²) in [5, 5.41) is 9.43. The van der Waals surface area contributed by atoms with Gasteiger partial charge in [0.1, 0.15) is 5.75 Å². The highest BCUT2D eigenvalue weighted by Gasteiger charge is 2.09. The van der Waals surface area contributed by atoms with Gasteiger partial charge in [0.2, 0.25) is 0 Å². The Morgan fingerprint density at radius 1 is 1.47 bits per heavy atom. The maximum atomic E-state index is 10.9. The van der Waals surface area contributed by atoms with Crippen molar-refractivity contribution in [2.75, 3.05) is 13.7 Å². The third kappa shape index (κ3) is 3.25. The van der Waals surface area contributed by atoms with Crippen LogP contribution in [-0.4, -0.2) is 24.8 Å². The van der Waals surface area contributed by atoms with Crippen molar-refractivity contribution in [3.63, 3.8) is 0 Å². The molecule has 0 saturated carbocycles. The molecule has 1 atom stereocenters. The number of rotatable bonds is 4. The van der Waals surface area contributed by atoms with Gasteiger partial charge in [-0.2, -0.15) is 0 Å². The third-order valence-electron chi connectivity index (χ3n) is 1.94. The fraction of sp³-hybridized carbons (Fsp3) is 0.364. The van der Waals surface area contributed by atoms with E-state index in [0.29, 0.717) is 11.3 Å². The van der Waals surface area contributed by atoms with Crippen LogP contribution in [0, 0.1) is 0 Å². The number of aliphatic hydroxyl groups excluding tert-OH is 1. The van der Waals surface area contributed by atoms with E-state index in [4.69, 9.17) is 4.74 Å². The molecule has 0 spiro atoms. The summed E-state index contributed by atoms with van der Waals surface area (Å²) in [5.74, 6) is 0.0493. The van der Waals surface area contributed by atoms with E-state index in [2.05, 4.69) is 4.74 Å². The molecule has 0 aliphatic carbocycles. The summed E-state index contributed by atoms with van der Waals surface area (Å²) in [7, 11) is 1.30. The van der Waals surface area contributed by atoms with Crippen LogP contribution in [0.2, 0.25) is 0 Å². The van der Waals surface area contributed by atoms with Crippen LogP contribution < -0.4 is 4.74 Å².